The van der Waals surface area contributed by atoms with Gasteiger partial charge in [0.15, 0.2) is 0 Å². The van der Waals surface area contributed by atoms with Crippen molar-refractivity contribution in [2.24, 2.45) is 5.11 Å². The SMILES string of the molecule is COC(=O)c1cc2ccc(C(O)C(O)CN=[N+]=[N-])cc2[nH]1. The van der Waals surface area contributed by atoms with Crippen LogP contribution < -0.4 is 0 Å². The molecule has 8 heteroatoms. The number of H-pyrrole nitrogens is 1. The zero-order valence-corrected chi connectivity index (χ0v) is 11.2. The lowest BCUT2D eigenvalue weighted by molar-refractivity contribution is 0.0245. The number of hydrogen-bond acceptors (Lipinski definition) is 5. The zero-order valence-electron chi connectivity index (χ0n) is 11.2. The van der Waals surface area contributed by atoms with Crippen molar-refractivity contribution in [3.05, 3.63) is 46.0 Å². The van der Waals surface area contributed by atoms with E-state index in [9.17, 15) is 15.0 Å². The van der Waals surface area contributed by atoms with Crippen LogP contribution in [0, 0.1) is 0 Å². The van der Waals surface area contributed by atoms with E-state index in [2.05, 4.69) is 19.7 Å². The van der Waals surface area contributed by atoms with E-state index in [4.69, 9.17) is 5.53 Å². The summed E-state index contributed by atoms with van der Waals surface area (Å²) in [7, 11) is 1.29. The van der Waals surface area contributed by atoms with E-state index in [0.717, 1.165) is 5.39 Å². The minimum Gasteiger partial charge on any atom is -0.464 e. The normalized spacial score (nSPS) is 13.5. The molecular formula is C13H14N4O4. The van der Waals surface area contributed by atoms with Crippen LogP contribution in [0.2, 0.25) is 0 Å². The summed E-state index contributed by atoms with van der Waals surface area (Å²) in [5, 5.41) is 23.7. The molecule has 2 rings (SSSR count). The van der Waals surface area contributed by atoms with Crippen molar-refractivity contribution in [3.8, 4) is 0 Å². The lowest BCUT2D eigenvalue weighted by atomic mass is 10.0. The number of carbonyl (C=O) groups excluding carboxylic acids is 1. The van der Waals surface area contributed by atoms with E-state index in [0.29, 0.717) is 16.8 Å². The Morgan fingerprint density at radius 3 is 2.90 bits per heavy atom. The molecule has 0 aliphatic rings. The summed E-state index contributed by atoms with van der Waals surface area (Å²) in [5.74, 6) is -0.489. The fourth-order valence-corrected chi connectivity index (χ4v) is 1.99. The summed E-state index contributed by atoms with van der Waals surface area (Å²) in [4.78, 5) is 16.8. The number of hydrogen-bond donors (Lipinski definition) is 3. The number of aromatic nitrogens is 1. The first-order chi connectivity index (χ1) is 10.1. The minimum atomic E-state index is -1.20. The van der Waals surface area contributed by atoms with E-state index in [-0.39, 0.29) is 6.54 Å². The Morgan fingerprint density at radius 2 is 2.24 bits per heavy atom. The van der Waals surface area contributed by atoms with Crippen LogP contribution >= 0.6 is 0 Å². The first-order valence-electron chi connectivity index (χ1n) is 6.14. The van der Waals surface area contributed by atoms with Crippen molar-refractivity contribution in [1.29, 1.82) is 0 Å². The number of benzene rings is 1. The topological polar surface area (TPSA) is 131 Å². The number of fused-ring (bicyclic) bond motifs is 1. The highest BCUT2D eigenvalue weighted by molar-refractivity contribution is 5.94. The summed E-state index contributed by atoms with van der Waals surface area (Å²) in [6.07, 6.45) is -2.39. The molecule has 21 heavy (non-hydrogen) atoms. The first-order valence-corrected chi connectivity index (χ1v) is 6.14. The Morgan fingerprint density at radius 1 is 1.48 bits per heavy atom. The molecule has 1 aromatic carbocycles. The molecule has 0 bridgehead atoms. The van der Waals surface area contributed by atoms with Gasteiger partial charge in [-0.1, -0.05) is 17.2 Å². The van der Waals surface area contributed by atoms with Crippen molar-refractivity contribution in [2.45, 2.75) is 12.2 Å². The molecule has 8 nitrogen and oxygen atoms in total. The molecule has 0 saturated heterocycles. The van der Waals surface area contributed by atoms with E-state index in [1.165, 1.54) is 7.11 Å². The molecule has 2 unspecified atom stereocenters. The van der Waals surface area contributed by atoms with E-state index >= 15 is 0 Å². The number of nitrogens with one attached hydrogen (secondary N) is 1. The summed E-state index contributed by atoms with van der Waals surface area (Å²) >= 11 is 0. The number of rotatable bonds is 5. The Hall–Kier alpha value is -2.54. The third-order valence-electron chi connectivity index (χ3n) is 3.09. The Balaban J connectivity index is 2.29. The van der Waals surface area contributed by atoms with Gasteiger partial charge >= 0.3 is 5.97 Å². The molecule has 0 fully saturated rings. The summed E-state index contributed by atoms with van der Waals surface area (Å²) in [6.45, 7) is -0.228. The Labute approximate surface area is 119 Å². The molecule has 3 N–H and O–H groups in total. The van der Waals surface area contributed by atoms with Crippen molar-refractivity contribution in [1.82, 2.24) is 4.98 Å². The molecule has 0 radical (unpaired) electrons. The number of ether oxygens (including phenoxy) is 1. The van der Waals surface area contributed by atoms with Gasteiger partial charge in [-0.05, 0) is 23.2 Å². The number of methoxy groups -OCH3 is 1. The quantitative estimate of drug-likeness (QED) is 0.334. The highest BCUT2D eigenvalue weighted by Crippen LogP contribution is 2.23. The van der Waals surface area contributed by atoms with Gasteiger partial charge < -0.3 is 19.9 Å². The van der Waals surface area contributed by atoms with Gasteiger partial charge in [0.1, 0.15) is 11.8 Å². The first kappa shape index (κ1) is 14.9. The fourth-order valence-electron chi connectivity index (χ4n) is 1.99. The van der Waals surface area contributed by atoms with Crippen LogP contribution in [0.1, 0.15) is 22.2 Å². The molecule has 1 heterocycles. The summed E-state index contributed by atoms with van der Waals surface area (Å²) < 4.78 is 4.62. The summed E-state index contributed by atoms with van der Waals surface area (Å²) in [5.41, 5.74) is 9.58. The maximum absolute atomic E-state index is 11.4. The average Bonchev–Trinajstić information content (AvgIpc) is 2.93. The molecule has 2 atom stereocenters. The van der Waals surface area contributed by atoms with Gasteiger partial charge in [-0.25, -0.2) is 4.79 Å². The molecular weight excluding hydrogens is 276 g/mol. The van der Waals surface area contributed by atoms with Crippen LogP contribution in [0.15, 0.2) is 29.4 Å². The van der Waals surface area contributed by atoms with Crippen LogP contribution in [0.3, 0.4) is 0 Å². The molecule has 0 amide bonds. The lowest BCUT2D eigenvalue weighted by Crippen LogP contribution is -2.21. The van der Waals surface area contributed by atoms with Gasteiger partial charge in [-0.3, -0.25) is 0 Å². The van der Waals surface area contributed by atoms with Gasteiger partial charge in [0.2, 0.25) is 0 Å². The fraction of sp³-hybridized carbons (Fsp3) is 0.308. The largest absolute Gasteiger partial charge is 0.464 e. The number of azide groups is 1. The van der Waals surface area contributed by atoms with E-state index < -0.39 is 18.2 Å². The number of aromatic amines is 1. The van der Waals surface area contributed by atoms with Crippen molar-refractivity contribution < 1.29 is 19.7 Å². The van der Waals surface area contributed by atoms with Crippen molar-refractivity contribution in [2.75, 3.05) is 13.7 Å². The molecule has 0 saturated carbocycles. The second-order valence-electron chi connectivity index (χ2n) is 4.45. The predicted octanol–water partition coefficient (Wildman–Crippen LogP) is 1.66. The minimum absolute atomic E-state index is 0.228. The highest BCUT2D eigenvalue weighted by atomic mass is 16.5. The number of nitrogens with zero attached hydrogens (tertiary/aromatic N) is 3. The van der Waals surface area contributed by atoms with Gasteiger partial charge in [0.25, 0.3) is 0 Å². The van der Waals surface area contributed by atoms with Crippen LogP contribution in [0.25, 0.3) is 21.3 Å². The average molecular weight is 290 g/mol. The van der Waals surface area contributed by atoms with Crippen LogP contribution in [0.4, 0.5) is 0 Å². The maximum atomic E-state index is 11.4. The molecule has 1 aromatic heterocycles. The maximum Gasteiger partial charge on any atom is 0.354 e. The second-order valence-corrected chi connectivity index (χ2v) is 4.45. The Bertz CT molecular complexity index is 705. The third kappa shape index (κ3) is 3.14. The third-order valence-corrected chi connectivity index (χ3v) is 3.09. The molecule has 110 valence electrons. The van der Waals surface area contributed by atoms with E-state index in [1.807, 2.05) is 0 Å². The number of aliphatic hydroxyl groups is 2. The predicted molar refractivity (Wildman–Crippen MR) is 74.6 cm³/mol. The molecule has 0 spiro atoms. The van der Waals surface area contributed by atoms with Gasteiger partial charge in [-0.15, -0.1) is 0 Å². The van der Waals surface area contributed by atoms with Crippen molar-refractivity contribution >= 4 is 16.9 Å². The smallest absolute Gasteiger partial charge is 0.354 e. The summed E-state index contributed by atoms with van der Waals surface area (Å²) in [6, 6.07) is 6.58. The highest BCUT2D eigenvalue weighted by Gasteiger charge is 2.18. The number of carbonyl (C=O) groups is 1. The monoisotopic (exact) mass is 290 g/mol. The standard InChI is InChI=1S/C13H14N4O4/c1-21-13(20)10-4-7-2-3-8(5-9(7)16-10)12(19)11(18)6-15-17-14/h2-5,11-12,16,18-19H,6H2,1H3. The van der Waals surface area contributed by atoms with Crippen LogP contribution in [-0.2, 0) is 4.74 Å². The molecule has 2 aromatic rings. The Kier molecular flexibility index (Phi) is 4.44. The zero-order chi connectivity index (χ0) is 15.4. The molecule has 0 aliphatic heterocycles. The number of esters is 1. The van der Waals surface area contributed by atoms with E-state index in [1.54, 1.807) is 24.3 Å². The second kappa shape index (κ2) is 6.27. The number of aliphatic hydroxyl groups excluding tert-OH is 2. The van der Waals surface area contributed by atoms with Gasteiger partial charge in [-0.2, -0.15) is 0 Å². The van der Waals surface area contributed by atoms with Crippen LogP contribution in [-0.4, -0.2) is 40.9 Å². The molecule has 0 aliphatic carbocycles. The van der Waals surface area contributed by atoms with Gasteiger partial charge in [0.05, 0.1) is 19.8 Å². The van der Waals surface area contributed by atoms with Gasteiger partial charge in [0, 0.05) is 15.8 Å². The lowest BCUT2D eigenvalue weighted by Gasteiger charge is -2.16. The van der Waals surface area contributed by atoms with Crippen LogP contribution in [0.5, 0.6) is 0 Å². The van der Waals surface area contributed by atoms with Crippen molar-refractivity contribution in [3.63, 3.8) is 0 Å².